The molecule has 2 fully saturated rings. The summed E-state index contributed by atoms with van der Waals surface area (Å²) in [5.41, 5.74) is 0. The molecule has 1 aliphatic carbocycles. The summed E-state index contributed by atoms with van der Waals surface area (Å²) in [7, 11) is 0. The molecule has 1 aromatic carbocycles. The first-order valence-corrected chi connectivity index (χ1v) is 10.6. The maximum absolute atomic E-state index is 14.6. The fourth-order valence-corrected chi connectivity index (χ4v) is 3.71. The number of carbonyl (C=O) groups excluding carboxylic acids is 1. The summed E-state index contributed by atoms with van der Waals surface area (Å²) < 4.78 is 71.6. The predicted octanol–water partition coefficient (Wildman–Crippen LogP) is 3.87. The lowest BCUT2D eigenvalue weighted by Gasteiger charge is -2.33. The molecule has 1 amide bonds. The molecule has 1 N–H and O–H groups in total. The van der Waals surface area contributed by atoms with Crippen LogP contribution in [-0.4, -0.2) is 54.0 Å². The number of ether oxygens (including phenoxy) is 3. The van der Waals surface area contributed by atoms with Crippen molar-refractivity contribution in [1.29, 1.82) is 0 Å². The van der Waals surface area contributed by atoms with Crippen LogP contribution in [0.3, 0.4) is 0 Å². The van der Waals surface area contributed by atoms with E-state index in [0.29, 0.717) is 10.8 Å². The number of hydrogen-bond acceptors (Lipinski definition) is 7. The van der Waals surface area contributed by atoms with E-state index in [1.807, 2.05) is 0 Å². The standard InChI is InChI=1S/C20H20ClF4N3O5/c21-11-1-3-12(4-2-11)30-9-17(29)26-15-8-31-16(7-14(15)22)19-28-27-18(32-19)10-5-13(6-10)33-20(23,24)25/h1-4,10,13-16H,5-9H2,(H,26,29)/t10-,13+,14-,15-,16-/m0/s1. The Morgan fingerprint density at radius 2 is 1.85 bits per heavy atom. The Morgan fingerprint density at radius 3 is 2.52 bits per heavy atom. The third kappa shape index (κ3) is 6.33. The molecule has 0 unspecified atom stereocenters. The van der Waals surface area contributed by atoms with Crippen LogP contribution in [0.1, 0.15) is 43.1 Å². The van der Waals surface area contributed by atoms with Crippen molar-refractivity contribution in [3.8, 4) is 5.75 Å². The van der Waals surface area contributed by atoms with Crippen LogP contribution in [0.15, 0.2) is 28.7 Å². The summed E-state index contributed by atoms with van der Waals surface area (Å²) in [5.74, 6) is -0.206. The predicted molar refractivity (Wildman–Crippen MR) is 104 cm³/mol. The summed E-state index contributed by atoms with van der Waals surface area (Å²) >= 11 is 5.78. The summed E-state index contributed by atoms with van der Waals surface area (Å²) in [4.78, 5) is 12.1. The molecule has 33 heavy (non-hydrogen) atoms. The number of rotatable bonds is 7. The minimum Gasteiger partial charge on any atom is -0.484 e. The van der Waals surface area contributed by atoms with E-state index in [1.54, 1.807) is 24.3 Å². The zero-order valence-corrected chi connectivity index (χ0v) is 17.8. The fourth-order valence-electron chi connectivity index (χ4n) is 3.59. The molecule has 180 valence electrons. The molecular weight excluding hydrogens is 474 g/mol. The van der Waals surface area contributed by atoms with Gasteiger partial charge < -0.3 is 19.2 Å². The fraction of sp³-hybridized carbons (Fsp3) is 0.550. The van der Waals surface area contributed by atoms with Crippen LogP contribution in [0.25, 0.3) is 0 Å². The summed E-state index contributed by atoms with van der Waals surface area (Å²) in [6.07, 6.45) is -7.81. The Balaban J connectivity index is 1.22. The van der Waals surface area contributed by atoms with E-state index in [2.05, 4.69) is 20.3 Å². The Hall–Kier alpha value is -2.44. The first-order valence-electron chi connectivity index (χ1n) is 10.2. The number of nitrogens with one attached hydrogen (secondary N) is 1. The van der Waals surface area contributed by atoms with Crippen molar-refractivity contribution in [1.82, 2.24) is 15.5 Å². The quantitative estimate of drug-likeness (QED) is 0.585. The number of alkyl halides is 4. The monoisotopic (exact) mass is 493 g/mol. The van der Waals surface area contributed by atoms with Gasteiger partial charge in [-0.1, -0.05) is 11.6 Å². The van der Waals surface area contributed by atoms with Gasteiger partial charge in [-0.25, -0.2) is 4.39 Å². The molecule has 1 aromatic heterocycles. The number of hydrogen-bond donors (Lipinski definition) is 1. The lowest BCUT2D eigenvalue weighted by Crippen LogP contribution is -2.49. The van der Waals surface area contributed by atoms with Gasteiger partial charge in [-0.2, -0.15) is 0 Å². The Labute approximate surface area is 190 Å². The summed E-state index contributed by atoms with van der Waals surface area (Å²) in [6, 6.07) is 5.56. The molecule has 1 saturated carbocycles. The minimum atomic E-state index is -4.68. The van der Waals surface area contributed by atoms with Gasteiger partial charge in [0.1, 0.15) is 18.0 Å². The molecule has 2 aliphatic rings. The van der Waals surface area contributed by atoms with E-state index in [-0.39, 0.29) is 50.2 Å². The van der Waals surface area contributed by atoms with Gasteiger partial charge in [0.05, 0.1) is 18.8 Å². The van der Waals surface area contributed by atoms with Crippen LogP contribution in [0.5, 0.6) is 5.75 Å². The van der Waals surface area contributed by atoms with Crippen LogP contribution >= 0.6 is 11.6 Å². The average Bonchev–Trinajstić information content (AvgIpc) is 3.20. The van der Waals surface area contributed by atoms with Crippen LogP contribution in [0.2, 0.25) is 5.02 Å². The van der Waals surface area contributed by atoms with Gasteiger partial charge >= 0.3 is 6.36 Å². The number of aromatic nitrogens is 2. The largest absolute Gasteiger partial charge is 0.522 e. The van der Waals surface area contributed by atoms with E-state index in [0.717, 1.165) is 0 Å². The van der Waals surface area contributed by atoms with E-state index in [4.69, 9.17) is 25.5 Å². The minimum absolute atomic E-state index is 0.0451. The molecule has 1 aliphatic heterocycles. The van der Waals surface area contributed by atoms with Crippen LogP contribution in [-0.2, 0) is 14.3 Å². The normalized spacial score (nSPS) is 27.6. The van der Waals surface area contributed by atoms with E-state index in [1.165, 1.54) is 0 Å². The molecule has 1 saturated heterocycles. The molecular formula is C20H20ClF4N3O5. The molecule has 0 radical (unpaired) electrons. The first kappa shape index (κ1) is 23.7. The summed E-state index contributed by atoms with van der Waals surface area (Å²) in [6.45, 7) is -0.428. The van der Waals surface area contributed by atoms with Gasteiger partial charge in [-0.15, -0.1) is 23.4 Å². The second kappa shape index (κ2) is 9.82. The Morgan fingerprint density at radius 1 is 1.15 bits per heavy atom. The molecule has 2 aromatic rings. The smallest absolute Gasteiger partial charge is 0.484 e. The average molecular weight is 494 g/mol. The molecule has 3 atom stereocenters. The lowest BCUT2D eigenvalue weighted by molar-refractivity contribution is -0.352. The molecule has 2 heterocycles. The highest BCUT2D eigenvalue weighted by Crippen LogP contribution is 2.41. The Bertz CT molecular complexity index is 952. The highest BCUT2D eigenvalue weighted by Gasteiger charge is 2.43. The molecule has 0 bridgehead atoms. The SMILES string of the molecule is O=C(COc1ccc(Cl)cc1)N[C@H]1CO[C@H](c2nnc([C@H]3C[C@@H](OC(F)(F)F)C3)o2)C[C@@H]1F. The van der Waals surface area contributed by atoms with Gasteiger partial charge in [-0.05, 0) is 37.1 Å². The lowest BCUT2D eigenvalue weighted by atomic mass is 9.82. The maximum Gasteiger partial charge on any atom is 0.522 e. The van der Waals surface area contributed by atoms with Crippen molar-refractivity contribution < 1.29 is 41.0 Å². The van der Waals surface area contributed by atoms with Crippen molar-refractivity contribution >= 4 is 17.5 Å². The van der Waals surface area contributed by atoms with Crippen LogP contribution < -0.4 is 10.1 Å². The zero-order valence-electron chi connectivity index (χ0n) is 17.1. The third-order valence-electron chi connectivity index (χ3n) is 5.36. The topological polar surface area (TPSA) is 95.7 Å². The third-order valence-corrected chi connectivity index (χ3v) is 5.61. The van der Waals surface area contributed by atoms with Crippen LogP contribution in [0.4, 0.5) is 17.6 Å². The van der Waals surface area contributed by atoms with Gasteiger partial charge in [-0.3, -0.25) is 9.53 Å². The van der Waals surface area contributed by atoms with E-state index >= 15 is 0 Å². The molecule has 13 heteroatoms. The second-order valence-electron chi connectivity index (χ2n) is 7.82. The highest BCUT2D eigenvalue weighted by molar-refractivity contribution is 6.30. The number of halogens is 5. The van der Waals surface area contributed by atoms with E-state index < -0.39 is 36.7 Å². The van der Waals surface area contributed by atoms with Crippen molar-refractivity contribution in [2.75, 3.05) is 13.2 Å². The van der Waals surface area contributed by atoms with Crippen molar-refractivity contribution in [3.63, 3.8) is 0 Å². The van der Waals surface area contributed by atoms with Gasteiger partial charge in [0.15, 0.2) is 6.61 Å². The molecule has 4 rings (SSSR count). The van der Waals surface area contributed by atoms with Gasteiger partial charge in [0, 0.05) is 17.4 Å². The number of benzene rings is 1. The van der Waals surface area contributed by atoms with E-state index in [9.17, 15) is 22.4 Å². The zero-order chi connectivity index (χ0) is 23.6. The van der Waals surface area contributed by atoms with Gasteiger partial charge in [0.25, 0.3) is 5.91 Å². The molecule has 8 nitrogen and oxygen atoms in total. The number of nitrogens with zero attached hydrogens (tertiary/aromatic N) is 2. The second-order valence-corrected chi connectivity index (χ2v) is 8.26. The highest BCUT2D eigenvalue weighted by atomic mass is 35.5. The Kier molecular flexibility index (Phi) is 7.05. The molecule has 0 spiro atoms. The number of carbonyl (C=O) groups is 1. The van der Waals surface area contributed by atoms with Crippen molar-refractivity contribution in [3.05, 3.63) is 41.1 Å². The van der Waals surface area contributed by atoms with Gasteiger partial charge in [0.2, 0.25) is 11.8 Å². The first-order chi connectivity index (χ1) is 15.7. The summed E-state index contributed by atoms with van der Waals surface area (Å²) in [5, 5.41) is 10.7. The van der Waals surface area contributed by atoms with Crippen LogP contribution in [0, 0.1) is 0 Å². The van der Waals surface area contributed by atoms with Crippen molar-refractivity contribution in [2.24, 2.45) is 0 Å². The number of amides is 1. The maximum atomic E-state index is 14.6. The van der Waals surface area contributed by atoms with Crippen molar-refractivity contribution in [2.45, 2.75) is 56.0 Å².